The number of amides is 1. The third kappa shape index (κ3) is 4.08. The fourth-order valence-corrected chi connectivity index (χ4v) is 1.65. The van der Waals surface area contributed by atoms with E-state index in [4.69, 9.17) is 10.5 Å². The van der Waals surface area contributed by atoms with Gasteiger partial charge in [0, 0.05) is 13.0 Å². The standard InChI is InChI=1S/C11H22N2O3/c1-11(2,3)4-9(14)13-5-8-10(15)7(12)6-16-8/h7-8,10,15H,4-6,12H2,1-3H3,(H,13,14)/t7-,8+,10+/m0/s1. The minimum Gasteiger partial charge on any atom is -0.389 e. The van der Waals surface area contributed by atoms with Gasteiger partial charge in [-0.25, -0.2) is 0 Å². The average Bonchev–Trinajstić information content (AvgIpc) is 2.42. The van der Waals surface area contributed by atoms with Crippen LogP contribution in [-0.4, -0.2) is 42.4 Å². The first-order valence-electron chi connectivity index (χ1n) is 5.61. The maximum Gasteiger partial charge on any atom is 0.220 e. The number of hydrogen-bond donors (Lipinski definition) is 3. The van der Waals surface area contributed by atoms with Gasteiger partial charge in [0.1, 0.15) is 6.10 Å². The van der Waals surface area contributed by atoms with Crippen molar-refractivity contribution in [3.8, 4) is 0 Å². The number of aliphatic hydroxyl groups excluding tert-OH is 1. The summed E-state index contributed by atoms with van der Waals surface area (Å²) in [6, 6.07) is -0.343. The van der Waals surface area contributed by atoms with E-state index in [0.717, 1.165) is 0 Å². The number of aliphatic hydroxyl groups is 1. The van der Waals surface area contributed by atoms with Crippen LogP contribution in [0.5, 0.6) is 0 Å². The molecule has 16 heavy (non-hydrogen) atoms. The molecule has 1 amide bonds. The van der Waals surface area contributed by atoms with Crippen LogP contribution in [0.25, 0.3) is 0 Å². The van der Waals surface area contributed by atoms with E-state index in [1.807, 2.05) is 20.8 Å². The van der Waals surface area contributed by atoms with E-state index in [-0.39, 0.29) is 23.5 Å². The zero-order chi connectivity index (χ0) is 12.3. The SMILES string of the molecule is CC(C)(C)CC(=O)NC[C@H]1OC[C@H](N)[C@H]1O. The summed E-state index contributed by atoms with van der Waals surface area (Å²) in [6.45, 7) is 6.68. The Bertz CT molecular complexity index is 250. The molecule has 3 atom stereocenters. The molecule has 1 aliphatic heterocycles. The Morgan fingerprint density at radius 3 is 2.62 bits per heavy atom. The highest BCUT2D eigenvalue weighted by Crippen LogP contribution is 2.18. The van der Waals surface area contributed by atoms with Crippen LogP contribution in [0.15, 0.2) is 0 Å². The van der Waals surface area contributed by atoms with Gasteiger partial charge >= 0.3 is 0 Å². The summed E-state index contributed by atoms with van der Waals surface area (Å²) < 4.78 is 5.27. The average molecular weight is 230 g/mol. The first kappa shape index (κ1) is 13.4. The van der Waals surface area contributed by atoms with Crippen LogP contribution in [0.4, 0.5) is 0 Å². The van der Waals surface area contributed by atoms with Crippen LogP contribution in [0, 0.1) is 5.41 Å². The second-order valence-corrected chi connectivity index (χ2v) is 5.57. The van der Waals surface area contributed by atoms with E-state index in [0.29, 0.717) is 19.6 Å². The number of rotatable bonds is 3. The Morgan fingerprint density at radius 2 is 2.19 bits per heavy atom. The van der Waals surface area contributed by atoms with E-state index in [9.17, 15) is 9.90 Å². The molecule has 4 N–H and O–H groups in total. The van der Waals surface area contributed by atoms with Crippen LogP contribution >= 0.6 is 0 Å². The molecule has 0 saturated carbocycles. The molecule has 1 saturated heterocycles. The molecule has 0 bridgehead atoms. The molecular formula is C11H22N2O3. The lowest BCUT2D eigenvalue weighted by molar-refractivity contribution is -0.123. The van der Waals surface area contributed by atoms with Crippen LogP contribution in [-0.2, 0) is 9.53 Å². The highest BCUT2D eigenvalue weighted by Gasteiger charge is 2.33. The molecule has 0 unspecified atom stereocenters. The molecule has 0 aromatic heterocycles. The topological polar surface area (TPSA) is 84.6 Å². The van der Waals surface area contributed by atoms with Crippen molar-refractivity contribution in [2.45, 2.75) is 45.4 Å². The van der Waals surface area contributed by atoms with Gasteiger partial charge in [0.25, 0.3) is 0 Å². The summed E-state index contributed by atoms with van der Waals surface area (Å²) in [7, 11) is 0. The first-order chi connectivity index (χ1) is 7.29. The summed E-state index contributed by atoms with van der Waals surface area (Å²) in [6.07, 6.45) is -0.601. The van der Waals surface area contributed by atoms with Crippen LogP contribution < -0.4 is 11.1 Å². The lowest BCUT2D eigenvalue weighted by Gasteiger charge is -2.19. The monoisotopic (exact) mass is 230 g/mol. The Labute approximate surface area is 96.3 Å². The third-order valence-corrected chi connectivity index (χ3v) is 2.51. The second kappa shape index (κ2) is 5.12. The van der Waals surface area contributed by atoms with Gasteiger partial charge in [0.2, 0.25) is 5.91 Å². The number of nitrogens with one attached hydrogen (secondary N) is 1. The predicted molar refractivity (Wildman–Crippen MR) is 60.8 cm³/mol. The van der Waals surface area contributed by atoms with Crippen molar-refractivity contribution < 1.29 is 14.6 Å². The molecule has 0 aromatic rings. The molecule has 94 valence electrons. The molecule has 1 fully saturated rings. The predicted octanol–water partition coefficient (Wildman–Crippen LogP) is -0.374. The number of nitrogens with two attached hydrogens (primary N) is 1. The Morgan fingerprint density at radius 1 is 1.56 bits per heavy atom. The summed E-state index contributed by atoms with van der Waals surface area (Å²) in [5.41, 5.74) is 5.56. The van der Waals surface area contributed by atoms with Crippen LogP contribution in [0.3, 0.4) is 0 Å². The normalized spacial score (nSPS) is 30.4. The maximum absolute atomic E-state index is 11.5. The molecule has 0 aliphatic carbocycles. The van der Waals surface area contributed by atoms with Crippen LogP contribution in [0.2, 0.25) is 0 Å². The van der Waals surface area contributed by atoms with Crippen molar-refractivity contribution in [3.63, 3.8) is 0 Å². The number of hydrogen-bond acceptors (Lipinski definition) is 4. The van der Waals surface area contributed by atoms with E-state index < -0.39 is 6.10 Å². The van der Waals surface area contributed by atoms with E-state index in [1.165, 1.54) is 0 Å². The fraction of sp³-hybridized carbons (Fsp3) is 0.909. The third-order valence-electron chi connectivity index (χ3n) is 2.51. The van der Waals surface area contributed by atoms with Gasteiger partial charge in [-0.1, -0.05) is 20.8 Å². The van der Waals surface area contributed by atoms with E-state index >= 15 is 0 Å². The zero-order valence-corrected chi connectivity index (χ0v) is 10.2. The van der Waals surface area contributed by atoms with Crippen LogP contribution in [0.1, 0.15) is 27.2 Å². The van der Waals surface area contributed by atoms with Gasteiger partial charge in [-0.15, -0.1) is 0 Å². The lowest BCUT2D eigenvalue weighted by Crippen LogP contribution is -2.42. The molecule has 0 spiro atoms. The van der Waals surface area contributed by atoms with Crippen molar-refractivity contribution in [3.05, 3.63) is 0 Å². The summed E-state index contributed by atoms with van der Waals surface area (Å²) in [5.74, 6) is -0.0243. The van der Waals surface area contributed by atoms with Gasteiger partial charge in [0.15, 0.2) is 0 Å². The summed E-state index contributed by atoms with van der Waals surface area (Å²) in [5, 5.41) is 12.4. The minimum atomic E-state index is -0.685. The van der Waals surface area contributed by atoms with Crippen molar-refractivity contribution in [1.82, 2.24) is 5.32 Å². The Kier molecular flexibility index (Phi) is 4.29. The smallest absolute Gasteiger partial charge is 0.220 e. The number of carbonyl (C=O) groups excluding carboxylic acids is 1. The van der Waals surface area contributed by atoms with Crippen molar-refractivity contribution in [2.75, 3.05) is 13.2 Å². The van der Waals surface area contributed by atoms with Gasteiger partial charge in [-0.3, -0.25) is 4.79 Å². The molecule has 5 nitrogen and oxygen atoms in total. The van der Waals surface area contributed by atoms with E-state index in [1.54, 1.807) is 0 Å². The number of ether oxygens (including phenoxy) is 1. The molecule has 1 heterocycles. The van der Waals surface area contributed by atoms with Gasteiger partial charge in [0.05, 0.1) is 18.8 Å². The highest BCUT2D eigenvalue weighted by atomic mass is 16.5. The first-order valence-corrected chi connectivity index (χ1v) is 5.61. The summed E-state index contributed by atoms with van der Waals surface area (Å²) in [4.78, 5) is 11.5. The fourth-order valence-electron chi connectivity index (χ4n) is 1.65. The molecule has 1 rings (SSSR count). The van der Waals surface area contributed by atoms with E-state index in [2.05, 4.69) is 5.32 Å². The largest absolute Gasteiger partial charge is 0.389 e. The lowest BCUT2D eigenvalue weighted by atomic mass is 9.92. The van der Waals surface area contributed by atoms with Crippen molar-refractivity contribution in [1.29, 1.82) is 0 Å². The zero-order valence-electron chi connectivity index (χ0n) is 10.2. The van der Waals surface area contributed by atoms with Gasteiger partial charge in [-0.05, 0) is 5.41 Å². The Hall–Kier alpha value is -0.650. The quantitative estimate of drug-likeness (QED) is 0.617. The molecular weight excluding hydrogens is 208 g/mol. The molecule has 0 radical (unpaired) electrons. The molecule has 0 aromatic carbocycles. The Balaban J connectivity index is 2.27. The van der Waals surface area contributed by atoms with Crippen molar-refractivity contribution >= 4 is 5.91 Å². The van der Waals surface area contributed by atoms with Gasteiger partial charge < -0.3 is 20.9 Å². The van der Waals surface area contributed by atoms with Gasteiger partial charge in [-0.2, -0.15) is 0 Å². The van der Waals surface area contributed by atoms with Crippen molar-refractivity contribution in [2.24, 2.45) is 11.1 Å². The minimum absolute atomic E-state index is 0.0243. The second-order valence-electron chi connectivity index (χ2n) is 5.57. The number of carbonyl (C=O) groups is 1. The summed E-state index contributed by atoms with van der Waals surface area (Å²) >= 11 is 0. The maximum atomic E-state index is 11.5. The molecule has 5 heteroatoms. The molecule has 1 aliphatic rings. The highest BCUT2D eigenvalue weighted by molar-refractivity contribution is 5.76.